The van der Waals surface area contributed by atoms with Gasteiger partial charge in [0.15, 0.2) is 0 Å². The monoisotopic (exact) mass is 576 g/mol. The van der Waals surface area contributed by atoms with E-state index in [0.29, 0.717) is 39.3 Å². The third kappa shape index (κ3) is 8.64. The number of ether oxygens (including phenoxy) is 5. The SMILES string of the molecule is CC(C=C[C@H]1OC(C)(C)C[C@@]2(CO2)[C@@H]1O)=CC[C@@H]1O[C@H](C)[C@H](NC(=O)C=CC(C)OC(=O)N2CCOCC2)C[C@H]1C. The Morgan fingerprint density at radius 1 is 1.20 bits per heavy atom. The Morgan fingerprint density at radius 3 is 2.59 bits per heavy atom. The normalized spacial score (nSPS) is 36.5. The first-order valence-electron chi connectivity index (χ1n) is 14.9. The molecule has 4 saturated heterocycles. The predicted molar refractivity (Wildman–Crippen MR) is 153 cm³/mol. The lowest BCUT2D eigenvalue weighted by molar-refractivity contribution is -0.171. The van der Waals surface area contributed by atoms with Crippen LogP contribution in [0.15, 0.2) is 36.0 Å². The van der Waals surface area contributed by atoms with Gasteiger partial charge in [0.2, 0.25) is 5.91 Å². The summed E-state index contributed by atoms with van der Waals surface area (Å²) in [7, 11) is 0. The molecule has 10 heteroatoms. The molecular formula is C31H48N2O8. The van der Waals surface area contributed by atoms with Gasteiger partial charge in [0, 0.05) is 25.6 Å². The van der Waals surface area contributed by atoms with E-state index in [1.165, 1.54) is 6.08 Å². The van der Waals surface area contributed by atoms with Crippen LogP contribution in [0, 0.1) is 5.92 Å². The highest BCUT2D eigenvalue weighted by Gasteiger charge is 2.60. The Morgan fingerprint density at radius 2 is 1.90 bits per heavy atom. The van der Waals surface area contributed by atoms with Crippen molar-refractivity contribution < 1.29 is 38.4 Å². The average Bonchev–Trinajstić information content (AvgIpc) is 3.69. The maximum absolute atomic E-state index is 12.6. The van der Waals surface area contributed by atoms with Crippen LogP contribution in [0.3, 0.4) is 0 Å². The summed E-state index contributed by atoms with van der Waals surface area (Å²) in [5.41, 5.74) is 0.258. The van der Waals surface area contributed by atoms with Gasteiger partial charge in [0.1, 0.15) is 23.9 Å². The molecule has 41 heavy (non-hydrogen) atoms. The van der Waals surface area contributed by atoms with Crippen molar-refractivity contribution >= 4 is 12.0 Å². The minimum absolute atomic E-state index is 0.0373. The van der Waals surface area contributed by atoms with Gasteiger partial charge in [-0.25, -0.2) is 4.79 Å². The average molecular weight is 577 g/mol. The largest absolute Gasteiger partial charge is 0.442 e. The number of aliphatic hydroxyl groups is 1. The van der Waals surface area contributed by atoms with E-state index in [4.69, 9.17) is 23.7 Å². The van der Waals surface area contributed by atoms with Crippen LogP contribution in [0.2, 0.25) is 0 Å². The number of allylic oxidation sites excluding steroid dienone is 2. The molecule has 1 spiro atoms. The van der Waals surface area contributed by atoms with Gasteiger partial charge in [-0.15, -0.1) is 0 Å². The van der Waals surface area contributed by atoms with Gasteiger partial charge in [-0.3, -0.25) is 4.79 Å². The van der Waals surface area contributed by atoms with Gasteiger partial charge in [-0.2, -0.15) is 0 Å². The van der Waals surface area contributed by atoms with Crippen molar-refractivity contribution in [3.8, 4) is 0 Å². The van der Waals surface area contributed by atoms with Crippen LogP contribution in [-0.4, -0.2) is 103 Å². The standard InChI is InChI=1S/C31H48N2O8/c1-20(8-11-26-28(35)31(19-38-31)18-30(5,6)41-26)7-10-25-21(2)17-24(23(4)40-25)32-27(34)12-9-22(3)39-29(36)33-13-15-37-16-14-33/h7-9,11-12,21-26,28,35H,10,13-19H2,1-6H3,(H,32,34)/t21-,22?,23-,24-,25+,26-,28-,31-/m1/s1. The van der Waals surface area contributed by atoms with Crippen LogP contribution in [0.25, 0.3) is 0 Å². The maximum Gasteiger partial charge on any atom is 0.410 e. The predicted octanol–water partition coefficient (Wildman–Crippen LogP) is 3.29. The van der Waals surface area contributed by atoms with Crippen molar-refractivity contribution in [1.29, 1.82) is 0 Å². The van der Waals surface area contributed by atoms with Gasteiger partial charge < -0.3 is 39.0 Å². The lowest BCUT2D eigenvalue weighted by atomic mass is 9.83. The minimum Gasteiger partial charge on any atom is -0.442 e. The van der Waals surface area contributed by atoms with Crippen LogP contribution in [0.5, 0.6) is 0 Å². The molecule has 4 rings (SSSR count). The fourth-order valence-electron chi connectivity index (χ4n) is 5.91. The lowest BCUT2D eigenvalue weighted by Gasteiger charge is -2.41. The Bertz CT molecular complexity index is 1010. The summed E-state index contributed by atoms with van der Waals surface area (Å²) in [6.45, 7) is 14.6. The molecular weight excluding hydrogens is 528 g/mol. The molecule has 2 amide bonds. The molecule has 0 bridgehead atoms. The van der Waals surface area contributed by atoms with E-state index < -0.39 is 30.0 Å². The van der Waals surface area contributed by atoms with Gasteiger partial charge in [0.25, 0.3) is 0 Å². The minimum atomic E-state index is -0.669. The number of rotatable bonds is 8. The molecule has 4 fully saturated rings. The Kier molecular flexibility index (Phi) is 10.3. The Balaban J connectivity index is 1.21. The molecule has 0 radical (unpaired) electrons. The highest BCUT2D eigenvalue weighted by atomic mass is 16.6. The topological polar surface area (TPSA) is 119 Å². The third-order valence-electron chi connectivity index (χ3n) is 8.39. The number of aliphatic hydroxyl groups excluding tert-OH is 1. The smallest absolute Gasteiger partial charge is 0.410 e. The molecule has 2 N–H and O–H groups in total. The molecule has 1 unspecified atom stereocenters. The molecule has 10 nitrogen and oxygen atoms in total. The van der Waals surface area contributed by atoms with Crippen molar-refractivity contribution in [3.63, 3.8) is 0 Å². The fraction of sp³-hybridized carbons (Fsp3) is 0.742. The first-order valence-corrected chi connectivity index (χ1v) is 14.9. The molecule has 0 aromatic heterocycles. The van der Waals surface area contributed by atoms with Crippen LogP contribution < -0.4 is 5.32 Å². The summed E-state index contributed by atoms with van der Waals surface area (Å²) in [4.78, 5) is 26.4. The fourth-order valence-corrected chi connectivity index (χ4v) is 5.91. The van der Waals surface area contributed by atoms with E-state index >= 15 is 0 Å². The Labute approximate surface area is 244 Å². The lowest BCUT2D eigenvalue weighted by Crippen LogP contribution is -2.53. The van der Waals surface area contributed by atoms with Crippen LogP contribution in [0.1, 0.15) is 60.8 Å². The van der Waals surface area contributed by atoms with Gasteiger partial charge in [0.05, 0.1) is 43.7 Å². The van der Waals surface area contributed by atoms with Gasteiger partial charge in [-0.1, -0.05) is 30.7 Å². The summed E-state index contributed by atoms with van der Waals surface area (Å²) >= 11 is 0. The van der Waals surface area contributed by atoms with Crippen LogP contribution in [-0.2, 0) is 28.5 Å². The zero-order valence-electron chi connectivity index (χ0n) is 25.3. The summed E-state index contributed by atoms with van der Waals surface area (Å²) < 4.78 is 28.7. The summed E-state index contributed by atoms with van der Waals surface area (Å²) in [5, 5.41) is 13.8. The maximum atomic E-state index is 12.6. The molecule has 0 aromatic carbocycles. The molecule has 4 heterocycles. The van der Waals surface area contributed by atoms with Crippen molar-refractivity contribution in [2.24, 2.45) is 5.92 Å². The number of amides is 2. The number of nitrogens with zero attached hydrogens (tertiary/aromatic N) is 1. The molecule has 230 valence electrons. The van der Waals surface area contributed by atoms with E-state index in [0.717, 1.165) is 18.4 Å². The van der Waals surface area contributed by atoms with Crippen molar-refractivity contribution in [2.75, 3.05) is 32.9 Å². The van der Waals surface area contributed by atoms with E-state index in [9.17, 15) is 14.7 Å². The quantitative estimate of drug-likeness (QED) is 0.257. The van der Waals surface area contributed by atoms with Gasteiger partial charge >= 0.3 is 6.09 Å². The third-order valence-corrected chi connectivity index (χ3v) is 8.39. The number of carbonyl (C=O) groups is 2. The van der Waals surface area contributed by atoms with Crippen molar-refractivity contribution in [3.05, 3.63) is 36.0 Å². The number of nitrogens with one attached hydrogen (secondary N) is 1. The van der Waals surface area contributed by atoms with Crippen molar-refractivity contribution in [2.45, 2.75) is 109 Å². The van der Waals surface area contributed by atoms with Crippen LogP contribution in [0.4, 0.5) is 4.79 Å². The zero-order chi connectivity index (χ0) is 29.8. The summed E-state index contributed by atoms with van der Waals surface area (Å²) in [6, 6.07) is -0.111. The second-order valence-electron chi connectivity index (χ2n) is 12.6. The van der Waals surface area contributed by atoms with E-state index in [2.05, 4.69) is 18.3 Å². The molecule has 0 saturated carbocycles. The van der Waals surface area contributed by atoms with Gasteiger partial charge in [-0.05, 0) is 59.5 Å². The van der Waals surface area contributed by atoms with E-state index in [1.54, 1.807) is 17.9 Å². The Hall–Kier alpha value is -2.24. The molecule has 4 aliphatic rings. The van der Waals surface area contributed by atoms with Crippen LogP contribution >= 0.6 is 0 Å². The van der Waals surface area contributed by atoms with Crippen molar-refractivity contribution in [1.82, 2.24) is 10.2 Å². The number of morpholine rings is 1. The first-order chi connectivity index (χ1) is 19.4. The molecule has 8 atom stereocenters. The molecule has 0 aliphatic carbocycles. The number of hydrogen-bond acceptors (Lipinski definition) is 8. The highest BCUT2D eigenvalue weighted by molar-refractivity contribution is 5.87. The number of carbonyl (C=O) groups excluding carboxylic acids is 2. The summed E-state index contributed by atoms with van der Waals surface area (Å²) in [6.07, 6.45) is 9.22. The second kappa shape index (κ2) is 13.4. The zero-order valence-corrected chi connectivity index (χ0v) is 25.3. The number of hydrogen-bond donors (Lipinski definition) is 2. The van der Waals surface area contributed by atoms with E-state index in [-0.39, 0.29) is 35.7 Å². The second-order valence-corrected chi connectivity index (χ2v) is 12.6. The molecule has 4 aliphatic heterocycles. The van der Waals surface area contributed by atoms with E-state index in [1.807, 2.05) is 39.8 Å². The number of epoxide rings is 1. The molecule has 0 aromatic rings. The summed E-state index contributed by atoms with van der Waals surface area (Å²) in [5.74, 6) is 0.0120. The highest BCUT2D eigenvalue weighted by Crippen LogP contribution is 2.46. The first kappa shape index (κ1) is 31.7.